The number of nitrogens with zero attached hydrogens (tertiary/aromatic N) is 4. The number of unbranched alkanes of at least 4 members (excludes halogenated alkanes) is 2. The van der Waals surface area contributed by atoms with E-state index in [1.165, 1.54) is 19.1 Å². The largest absolute Gasteiger partial charge is 0.467 e. The lowest BCUT2D eigenvalue weighted by atomic mass is 9.94. The number of rotatable bonds is 31. The predicted molar refractivity (Wildman–Crippen MR) is 319 cm³/mol. The number of hydrogen-bond acceptors (Lipinski definition) is 19. The van der Waals surface area contributed by atoms with Gasteiger partial charge in [-0.2, -0.15) is 0 Å². The Hall–Kier alpha value is -8.83. The van der Waals surface area contributed by atoms with E-state index in [-0.39, 0.29) is 69.3 Å². The van der Waals surface area contributed by atoms with Crippen molar-refractivity contribution in [1.29, 1.82) is 0 Å². The number of carbonyl (C=O) groups excluding carboxylic acids is 6. The van der Waals surface area contributed by atoms with Crippen molar-refractivity contribution in [3.05, 3.63) is 225 Å². The molecule has 0 aliphatic carbocycles. The lowest BCUT2D eigenvalue weighted by molar-refractivity contribution is -0.346. The van der Waals surface area contributed by atoms with Gasteiger partial charge in [-0.3, -0.25) is 4.79 Å². The van der Waals surface area contributed by atoms with Gasteiger partial charge in [0.1, 0.15) is 49.5 Å². The summed E-state index contributed by atoms with van der Waals surface area (Å²) in [6, 6.07) is 49.1. The van der Waals surface area contributed by atoms with Crippen LogP contribution in [0.5, 0.6) is 0 Å². The average Bonchev–Trinajstić information content (AvgIpc) is 1.13. The third-order valence-electron chi connectivity index (χ3n) is 14.6. The Labute approximate surface area is 515 Å². The van der Waals surface area contributed by atoms with Crippen LogP contribution in [0.1, 0.15) is 87.6 Å². The molecule has 6 aromatic rings. The van der Waals surface area contributed by atoms with Gasteiger partial charge < -0.3 is 66.9 Å². The maximum absolute atomic E-state index is 14.4. The number of ketones is 1. The van der Waals surface area contributed by atoms with Crippen molar-refractivity contribution in [2.75, 3.05) is 26.9 Å². The molecule has 0 bridgehead atoms. The number of aliphatic hydroxyl groups excluding tert-OH is 1. The van der Waals surface area contributed by atoms with Gasteiger partial charge in [-0.25, -0.2) is 19.2 Å². The Morgan fingerprint density at radius 2 is 1.12 bits per heavy atom. The summed E-state index contributed by atoms with van der Waals surface area (Å²) in [6.07, 6.45) is -13.9. The summed E-state index contributed by atoms with van der Waals surface area (Å²) < 4.78 is 69.1. The average molecular weight is 1220 g/mol. The van der Waals surface area contributed by atoms with Gasteiger partial charge in [-0.1, -0.05) is 157 Å². The molecule has 0 radical (unpaired) electrons. The van der Waals surface area contributed by atoms with Crippen molar-refractivity contribution >= 4 is 35.8 Å². The second kappa shape index (κ2) is 34.6. The van der Waals surface area contributed by atoms with E-state index in [9.17, 15) is 39.4 Å². The molecule has 6 aromatic carbocycles. The number of methoxy groups -OCH3 is 1. The van der Waals surface area contributed by atoms with E-state index in [1.807, 2.05) is 36.4 Å². The molecule has 0 unspecified atom stereocenters. The molecule has 2 saturated heterocycles. The molecule has 10 atom stereocenters. The Morgan fingerprint density at radius 3 is 1.71 bits per heavy atom. The smallest absolute Gasteiger partial charge is 0.410 e. The maximum Gasteiger partial charge on any atom is 0.410 e. The molecular formula is C67H72N4O18. The molecule has 2 heterocycles. The van der Waals surface area contributed by atoms with Gasteiger partial charge in [0.05, 0.1) is 44.5 Å². The molecular weight excluding hydrogens is 1150 g/mol. The van der Waals surface area contributed by atoms with Gasteiger partial charge in [0.2, 0.25) is 0 Å². The first-order chi connectivity index (χ1) is 43.4. The number of benzene rings is 6. The number of Topliss-reactive ketones (excluding diaryl/α,β-unsaturated/α-hetero) is 1. The Balaban J connectivity index is 1.10. The Bertz CT molecular complexity index is 3240. The summed E-state index contributed by atoms with van der Waals surface area (Å²) in [5.74, 6) is -3.72. The predicted octanol–water partition coefficient (Wildman–Crippen LogP) is 9.73. The van der Waals surface area contributed by atoms with Gasteiger partial charge in [-0.05, 0) is 83.8 Å². The fourth-order valence-electron chi connectivity index (χ4n) is 9.92. The number of aliphatic hydroxyl groups is 1. The van der Waals surface area contributed by atoms with Crippen LogP contribution in [-0.2, 0) is 99.5 Å². The molecule has 1 N–H and O–H groups in total. The minimum absolute atomic E-state index is 0.0236. The first kappa shape index (κ1) is 66.1. The molecule has 2 aliphatic rings. The zero-order valence-electron chi connectivity index (χ0n) is 49.4. The third-order valence-corrected chi connectivity index (χ3v) is 14.6. The first-order valence-corrected chi connectivity index (χ1v) is 29.2. The van der Waals surface area contributed by atoms with E-state index in [0.29, 0.717) is 36.9 Å². The van der Waals surface area contributed by atoms with Crippen LogP contribution in [0, 0.1) is 0 Å². The number of carbonyl (C=O) groups is 6. The van der Waals surface area contributed by atoms with Crippen LogP contribution >= 0.6 is 0 Å². The van der Waals surface area contributed by atoms with E-state index in [1.54, 1.807) is 132 Å². The number of hydrogen-bond donors (Lipinski definition) is 1. The lowest BCUT2D eigenvalue weighted by Crippen LogP contribution is -2.66. The summed E-state index contributed by atoms with van der Waals surface area (Å²) in [7, 11) is 1.13. The Kier molecular flexibility index (Phi) is 25.7. The van der Waals surface area contributed by atoms with Gasteiger partial charge in [0, 0.05) is 31.0 Å². The monoisotopic (exact) mass is 1220 g/mol. The third kappa shape index (κ3) is 19.8. The summed E-state index contributed by atoms with van der Waals surface area (Å²) in [6.45, 7) is 0.886. The molecule has 468 valence electrons. The second-order valence-electron chi connectivity index (χ2n) is 21.0. The first-order valence-electron chi connectivity index (χ1n) is 29.2. The molecule has 2 aliphatic heterocycles. The van der Waals surface area contributed by atoms with Gasteiger partial charge in [0.25, 0.3) is 0 Å². The molecule has 0 aromatic heterocycles. The van der Waals surface area contributed by atoms with Crippen LogP contribution in [0.15, 0.2) is 181 Å². The maximum atomic E-state index is 14.4. The van der Waals surface area contributed by atoms with E-state index in [4.69, 9.17) is 52.1 Å². The summed E-state index contributed by atoms with van der Waals surface area (Å²) in [5.41, 5.74) is 14.4. The summed E-state index contributed by atoms with van der Waals surface area (Å²) in [5, 5.41) is 13.6. The van der Waals surface area contributed by atoms with Crippen molar-refractivity contribution in [3.8, 4) is 0 Å². The topological polar surface area (TPSA) is 276 Å². The van der Waals surface area contributed by atoms with Crippen molar-refractivity contribution < 1.29 is 86.0 Å². The van der Waals surface area contributed by atoms with E-state index in [0.717, 1.165) is 23.8 Å². The van der Waals surface area contributed by atoms with Crippen LogP contribution in [0.3, 0.4) is 0 Å². The van der Waals surface area contributed by atoms with Gasteiger partial charge in [-0.15, -0.1) is 0 Å². The molecule has 22 heteroatoms. The number of esters is 4. The molecule has 0 spiro atoms. The molecule has 2 fully saturated rings. The van der Waals surface area contributed by atoms with Crippen LogP contribution in [0.4, 0.5) is 4.79 Å². The number of azide groups is 1. The van der Waals surface area contributed by atoms with E-state index in [2.05, 4.69) is 10.0 Å². The zero-order chi connectivity index (χ0) is 62.7. The van der Waals surface area contributed by atoms with Crippen molar-refractivity contribution in [1.82, 2.24) is 4.90 Å². The summed E-state index contributed by atoms with van der Waals surface area (Å²) in [4.78, 5) is 86.4. The van der Waals surface area contributed by atoms with Crippen molar-refractivity contribution in [2.24, 2.45) is 5.11 Å². The SMILES string of the molecule is COC(=O)[C@@H]1O[C@@H](OCCCCCN(Cc2ccccc2)C(=O)OCc2ccc(CO)cc2)[C@H](OC(=O)c2ccccc2)[C@@H](OCc2ccccc2)[C@@H]1O[C@H]1O[C@H](COC(=O)c2ccccc2)[C@@H](OC(=O)CCC(C)=O)[C@H](OCc2ccccc2)[C@H]1N=[N+]=[N-]. The fourth-order valence-corrected chi connectivity index (χ4v) is 9.92. The van der Waals surface area contributed by atoms with Gasteiger partial charge >= 0.3 is 30.0 Å². The van der Waals surface area contributed by atoms with Gasteiger partial charge in [0.15, 0.2) is 30.9 Å². The minimum Gasteiger partial charge on any atom is -0.467 e. The second-order valence-corrected chi connectivity index (χ2v) is 21.0. The minimum atomic E-state index is -1.79. The highest BCUT2D eigenvalue weighted by Crippen LogP contribution is 2.37. The highest BCUT2D eigenvalue weighted by molar-refractivity contribution is 5.90. The molecule has 1 amide bonds. The normalized spacial score (nSPS) is 21.2. The lowest BCUT2D eigenvalue weighted by Gasteiger charge is -2.48. The molecule has 8 rings (SSSR count). The standard InChI is InChI=1S/C67H72N4O18/c1-45(73)31-36-54(74)86-56-53(44-83-62(75)51-27-15-6-16-28-51)85-65(55(69-70-68)57(56)81-41-48-23-11-4-12-24-48)88-59-58(82-42-49-25-13-5-14-26-49)61(87-63(76)52-29-17-7-18-30-52)66(89-60(59)64(77)79-2)80-38-20-8-19-37-71(39-46-21-9-3-10-22-46)67(78)84-43-50-34-32-47(40-72)33-35-50/h3-7,9-18,21-30,32-35,53,55-61,65-66,72H,8,19-20,31,36-44H2,1-2H3/t53-,55-,56-,57-,58+,59+,60-,61-,65-,66-/m1/s1. The highest BCUT2D eigenvalue weighted by Gasteiger charge is 2.57. The van der Waals surface area contributed by atoms with Crippen molar-refractivity contribution in [2.45, 2.75) is 133 Å². The van der Waals surface area contributed by atoms with Crippen LogP contribution < -0.4 is 0 Å². The quantitative estimate of drug-likeness (QED) is 0.0106. The zero-order valence-corrected chi connectivity index (χ0v) is 49.4. The fraction of sp³-hybridized carbons (Fsp3) is 0.373. The van der Waals surface area contributed by atoms with E-state index < -0.39 is 97.9 Å². The van der Waals surface area contributed by atoms with Crippen LogP contribution in [0.25, 0.3) is 10.4 Å². The highest BCUT2D eigenvalue weighted by atomic mass is 16.8. The van der Waals surface area contributed by atoms with Crippen LogP contribution in [-0.4, -0.2) is 134 Å². The van der Waals surface area contributed by atoms with E-state index >= 15 is 0 Å². The molecule has 0 saturated carbocycles. The number of ether oxygens (including phenoxy) is 11. The van der Waals surface area contributed by atoms with Crippen molar-refractivity contribution in [3.63, 3.8) is 0 Å². The summed E-state index contributed by atoms with van der Waals surface area (Å²) >= 11 is 0. The Morgan fingerprint density at radius 1 is 0.562 bits per heavy atom. The van der Waals surface area contributed by atoms with Crippen LogP contribution in [0.2, 0.25) is 0 Å². The number of amides is 1. The molecule has 89 heavy (non-hydrogen) atoms. The molecule has 22 nitrogen and oxygen atoms in total.